The minimum Gasteiger partial charge on any atom is -0.391 e. The van der Waals surface area contributed by atoms with Gasteiger partial charge in [0.05, 0.1) is 12.7 Å². The molecule has 0 aromatic rings. The minimum absolute atomic E-state index is 0.278. The summed E-state index contributed by atoms with van der Waals surface area (Å²) >= 11 is 0. The van der Waals surface area contributed by atoms with Gasteiger partial charge in [-0.15, -0.1) is 6.58 Å². The molecule has 1 N–H and O–H groups in total. The number of aliphatic hydroxyl groups is 1. The molecule has 0 aromatic carbocycles. The molecule has 3 nitrogen and oxygen atoms in total. The monoisotopic (exact) mass is 258 g/mol. The molecule has 0 aliphatic carbocycles. The largest absolute Gasteiger partial charge is 0.391 e. The third-order valence-electron chi connectivity index (χ3n) is 2.95. The quantitative estimate of drug-likeness (QED) is 0.221. The highest BCUT2D eigenvalue weighted by atomic mass is 17.2. The summed E-state index contributed by atoms with van der Waals surface area (Å²) in [4.78, 5) is 9.89. The van der Waals surface area contributed by atoms with Gasteiger partial charge < -0.3 is 5.11 Å². The highest BCUT2D eigenvalue weighted by Crippen LogP contribution is 2.08. The van der Waals surface area contributed by atoms with Gasteiger partial charge in [-0.1, -0.05) is 45.1 Å². The van der Waals surface area contributed by atoms with Crippen molar-refractivity contribution in [2.24, 2.45) is 0 Å². The van der Waals surface area contributed by atoms with Crippen LogP contribution < -0.4 is 0 Å². The van der Waals surface area contributed by atoms with Gasteiger partial charge in [0.25, 0.3) is 0 Å². The average Bonchev–Trinajstić information content (AvgIpc) is 2.39. The second-order valence-electron chi connectivity index (χ2n) is 4.72. The van der Waals surface area contributed by atoms with Crippen molar-refractivity contribution < 1.29 is 14.9 Å². The Morgan fingerprint density at radius 2 is 1.61 bits per heavy atom. The van der Waals surface area contributed by atoms with Crippen LogP contribution in [0.3, 0.4) is 0 Å². The van der Waals surface area contributed by atoms with Crippen LogP contribution in [0, 0.1) is 0 Å². The topological polar surface area (TPSA) is 38.7 Å². The first kappa shape index (κ1) is 17.6. The molecule has 0 saturated heterocycles. The molecule has 0 bridgehead atoms. The Morgan fingerprint density at radius 1 is 1.00 bits per heavy atom. The van der Waals surface area contributed by atoms with Crippen LogP contribution >= 0.6 is 0 Å². The standard InChI is InChI=1S/C15H30O3/c1-3-5-6-7-8-9-10-11-12-13-17-18-14-15(16)4-2/h3,15-16H,1,4-14H2,2H3. The summed E-state index contributed by atoms with van der Waals surface area (Å²) in [5, 5.41) is 9.21. The van der Waals surface area contributed by atoms with Crippen molar-refractivity contribution in [2.75, 3.05) is 13.2 Å². The first-order valence-electron chi connectivity index (χ1n) is 7.34. The van der Waals surface area contributed by atoms with Crippen LogP contribution in [-0.4, -0.2) is 24.4 Å². The Morgan fingerprint density at radius 3 is 2.22 bits per heavy atom. The predicted molar refractivity (Wildman–Crippen MR) is 75.3 cm³/mol. The Hall–Kier alpha value is -0.380. The van der Waals surface area contributed by atoms with Crippen LogP contribution in [0.1, 0.15) is 64.7 Å². The van der Waals surface area contributed by atoms with E-state index < -0.39 is 6.10 Å². The summed E-state index contributed by atoms with van der Waals surface area (Å²) in [5.41, 5.74) is 0. The lowest BCUT2D eigenvalue weighted by Crippen LogP contribution is -2.14. The molecule has 0 radical (unpaired) electrons. The highest BCUT2D eigenvalue weighted by molar-refractivity contribution is 4.65. The molecule has 0 aliphatic heterocycles. The van der Waals surface area contributed by atoms with Crippen molar-refractivity contribution in [1.29, 1.82) is 0 Å². The second-order valence-corrected chi connectivity index (χ2v) is 4.72. The fraction of sp³-hybridized carbons (Fsp3) is 0.867. The Bertz CT molecular complexity index is 171. The van der Waals surface area contributed by atoms with Crippen molar-refractivity contribution in [2.45, 2.75) is 70.8 Å². The van der Waals surface area contributed by atoms with E-state index in [1.165, 1.54) is 38.5 Å². The van der Waals surface area contributed by atoms with Crippen molar-refractivity contribution in [1.82, 2.24) is 0 Å². The molecule has 108 valence electrons. The van der Waals surface area contributed by atoms with E-state index in [0.29, 0.717) is 13.0 Å². The lowest BCUT2D eigenvalue weighted by atomic mass is 10.1. The summed E-state index contributed by atoms with van der Waals surface area (Å²) in [7, 11) is 0. The summed E-state index contributed by atoms with van der Waals surface area (Å²) in [6.45, 7) is 6.55. The zero-order valence-electron chi connectivity index (χ0n) is 11.9. The van der Waals surface area contributed by atoms with Crippen molar-refractivity contribution >= 4 is 0 Å². The summed E-state index contributed by atoms with van der Waals surface area (Å²) < 4.78 is 0. The van der Waals surface area contributed by atoms with E-state index in [1.54, 1.807) is 0 Å². The summed E-state index contributed by atoms with van der Waals surface area (Å²) in [5.74, 6) is 0. The molecule has 0 aliphatic rings. The van der Waals surface area contributed by atoms with E-state index in [2.05, 4.69) is 6.58 Å². The van der Waals surface area contributed by atoms with Crippen molar-refractivity contribution in [3.05, 3.63) is 12.7 Å². The van der Waals surface area contributed by atoms with Gasteiger partial charge in [-0.3, -0.25) is 0 Å². The van der Waals surface area contributed by atoms with E-state index in [0.717, 1.165) is 12.8 Å². The molecule has 1 unspecified atom stereocenters. The minimum atomic E-state index is -0.402. The fourth-order valence-corrected chi connectivity index (χ4v) is 1.64. The van der Waals surface area contributed by atoms with Crippen LogP contribution in [0.4, 0.5) is 0 Å². The Balaban J connectivity index is 2.96. The lowest BCUT2D eigenvalue weighted by molar-refractivity contribution is -0.305. The zero-order chi connectivity index (χ0) is 13.5. The SMILES string of the molecule is C=CCCCCCCCCCOOCC(O)CC. The molecule has 0 aromatic heterocycles. The smallest absolute Gasteiger partial charge is 0.108 e. The Kier molecular flexibility index (Phi) is 14.4. The maximum absolute atomic E-state index is 9.21. The van der Waals surface area contributed by atoms with Crippen molar-refractivity contribution in [3.8, 4) is 0 Å². The van der Waals surface area contributed by atoms with Crippen molar-refractivity contribution in [3.63, 3.8) is 0 Å². The van der Waals surface area contributed by atoms with Crippen LogP contribution in [0.15, 0.2) is 12.7 Å². The third kappa shape index (κ3) is 13.7. The first-order chi connectivity index (χ1) is 8.81. The Labute approximate surface area is 112 Å². The molecule has 18 heavy (non-hydrogen) atoms. The van der Waals surface area contributed by atoms with E-state index in [1.807, 2.05) is 13.0 Å². The van der Waals surface area contributed by atoms with Gasteiger partial charge >= 0.3 is 0 Å². The number of allylic oxidation sites excluding steroid dienone is 1. The molecule has 3 heteroatoms. The first-order valence-corrected chi connectivity index (χ1v) is 7.34. The van der Waals surface area contributed by atoms with Crippen LogP contribution in [0.25, 0.3) is 0 Å². The highest BCUT2D eigenvalue weighted by Gasteiger charge is 2.00. The molecule has 1 atom stereocenters. The van der Waals surface area contributed by atoms with Gasteiger partial charge in [-0.05, 0) is 25.7 Å². The van der Waals surface area contributed by atoms with E-state index in [4.69, 9.17) is 9.78 Å². The molecule has 0 saturated carbocycles. The number of aliphatic hydroxyl groups excluding tert-OH is 1. The second kappa shape index (κ2) is 14.7. The van der Waals surface area contributed by atoms with E-state index in [9.17, 15) is 5.11 Å². The molecular formula is C15H30O3. The summed E-state index contributed by atoms with van der Waals surface area (Å²) in [6.07, 6.45) is 12.2. The predicted octanol–water partition coefficient (Wildman–Crippen LogP) is 4.01. The van der Waals surface area contributed by atoms with Gasteiger partial charge in [0.1, 0.15) is 6.61 Å². The normalized spacial score (nSPS) is 12.6. The maximum Gasteiger partial charge on any atom is 0.108 e. The number of hydrogen-bond donors (Lipinski definition) is 1. The van der Waals surface area contributed by atoms with Crippen LogP contribution in [-0.2, 0) is 9.78 Å². The molecule has 0 heterocycles. The molecule has 0 amide bonds. The zero-order valence-corrected chi connectivity index (χ0v) is 11.9. The van der Waals surface area contributed by atoms with E-state index >= 15 is 0 Å². The molecular weight excluding hydrogens is 228 g/mol. The number of hydrogen-bond acceptors (Lipinski definition) is 3. The van der Waals surface area contributed by atoms with Gasteiger partial charge in [0, 0.05) is 0 Å². The lowest BCUT2D eigenvalue weighted by Gasteiger charge is -2.07. The molecule has 0 spiro atoms. The maximum atomic E-state index is 9.21. The molecule has 0 rings (SSSR count). The van der Waals surface area contributed by atoms with Crippen LogP contribution in [0.5, 0.6) is 0 Å². The van der Waals surface area contributed by atoms with E-state index in [-0.39, 0.29) is 6.61 Å². The van der Waals surface area contributed by atoms with Gasteiger partial charge in [0.2, 0.25) is 0 Å². The van der Waals surface area contributed by atoms with Crippen LogP contribution in [0.2, 0.25) is 0 Å². The average molecular weight is 258 g/mol. The fourth-order valence-electron chi connectivity index (χ4n) is 1.64. The van der Waals surface area contributed by atoms with Gasteiger partial charge in [-0.25, -0.2) is 9.78 Å². The third-order valence-corrected chi connectivity index (χ3v) is 2.95. The number of rotatable bonds is 14. The van der Waals surface area contributed by atoms with Gasteiger partial charge in [0.15, 0.2) is 0 Å². The van der Waals surface area contributed by atoms with Gasteiger partial charge in [-0.2, -0.15) is 0 Å². The number of unbranched alkanes of at least 4 members (excludes halogenated alkanes) is 7. The summed E-state index contributed by atoms with van der Waals surface area (Å²) in [6, 6.07) is 0. The molecule has 0 fully saturated rings.